The minimum absolute atomic E-state index is 0.452. The summed E-state index contributed by atoms with van der Waals surface area (Å²) in [4.78, 5) is 2.08. The molecule has 1 fully saturated rings. The van der Waals surface area contributed by atoms with Crippen LogP contribution >= 0.6 is 11.8 Å². The van der Waals surface area contributed by atoms with Crippen LogP contribution in [0.15, 0.2) is 64.5 Å². The van der Waals surface area contributed by atoms with Gasteiger partial charge in [0, 0.05) is 21.4 Å². The number of para-hydroxylation sites is 1. The van der Waals surface area contributed by atoms with Crippen LogP contribution in [0.1, 0.15) is 18.7 Å². The number of rotatable bonds is 5. The lowest BCUT2D eigenvalue weighted by Gasteiger charge is -2.40. The smallest absolute Gasteiger partial charge is 0.163 e. The maximum absolute atomic E-state index is 10.5. The Morgan fingerprint density at radius 2 is 1.69 bits per heavy atom. The average Bonchev–Trinajstić information content (AvgIpc) is 3.11. The summed E-state index contributed by atoms with van der Waals surface area (Å²) < 4.78 is 7.53. The van der Waals surface area contributed by atoms with Gasteiger partial charge in [0.25, 0.3) is 0 Å². The molecule has 0 unspecified atom stereocenters. The molecule has 29 heavy (non-hydrogen) atoms. The number of aliphatic hydroxyl groups excluding tert-OH is 4. The Morgan fingerprint density at radius 1 is 0.966 bits per heavy atom. The zero-order chi connectivity index (χ0) is 20.5. The van der Waals surface area contributed by atoms with Gasteiger partial charge in [-0.25, -0.2) is 0 Å². The molecule has 6 nitrogen and oxygen atoms in total. The molecule has 4 N–H and O–H groups in total. The number of hydrogen-bond donors (Lipinski definition) is 4. The van der Waals surface area contributed by atoms with Crippen LogP contribution in [0.25, 0.3) is 10.9 Å². The van der Waals surface area contributed by atoms with Gasteiger partial charge in [0.2, 0.25) is 0 Å². The van der Waals surface area contributed by atoms with Crippen molar-refractivity contribution in [3.8, 4) is 0 Å². The highest BCUT2D eigenvalue weighted by atomic mass is 32.2. The second kappa shape index (κ2) is 8.47. The van der Waals surface area contributed by atoms with Crippen LogP contribution in [0.2, 0.25) is 0 Å². The second-order valence-electron chi connectivity index (χ2n) is 7.24. The lowest BCUT2D eigenvalue weighted by Crippen LogP contribution is -2.56. The summed E-state index contributed by atoms with van der Waals surface area (Å²) in [6.07, 6.45) is -3.12. The van der Waals surface area contributed by atoms with Gasteiger partial charge in [-0.2, -0.15) is 0 Å². The van der Waals surface area contributed by atoms with E-state index >= 15 is 0 Å². The van der Waals surface area contributed by atoms with E-state index in [4.69, 9.17) is 4.74 Å². The summed E-state index contributed by atoms with van der Waals surface area (Å²) in [6, 6.07) is 16.2. The molecule has 1 aliphatic heterocycles. The zero-order valence-corrected chi connectivity index (χ0v) is 16.9. The van der Waals surface area contributed by atoms with Gasteiger partial charge in [0.15, 0.2) is 6.23 Å². The lowest BCUT2D eigenvalue weighted by atomic mass is 9.98. The number of aryl methyl sites for hydroxylation is 1. The number of benzene rings is 2. The molecule has 154 valence electrons. The first-order valence-corrected chi connectivity index (χ1v) is 10.5. The Labute approximate surface area is 173 Å². The van der Waals surface area contributed by atoms with E-state index in [-0.39, 0.29) is 0 Å². The van der Waals surface area contributed by atoms with Gasteiger partial charge in [0.05, 0.1) is 12.1 Å². The zero-order valence-electron chi connectivity index (χ0n) is 16.0. The Kier molecular flexibility index (Phi) is 5.96. The maximum Gasteiger partial charge on any atom is 0.163 e. The van der Waals surface area contributed by atoms with Gasteiger partial charge < -0.3 is 29.7 Å². The summed E-state index contributed by atoms with van der Waals surface area (Å²) in [5.74, 6) is 0. The van der Waals surface area contributed by atoms with Crippen LogP contribution in [0, 0.1) is 0 Å². The van der Waals surface area contributed by atoms with Crippen molar-refractivity contribution in [2.24, 2.45) is 0 Å². The summed E-state index contributed by atoms with van der Waals surface area (Å²) in [5.41, 5.74) is 2.11. The number of nitrogens with zero attached hydrogens (tertiary/aromatic N) is 1. The molecule has 2 aromatic carbocycles. The molecular weight excluding hydrogens is 390 g/mol. The first kappa shape index (κ1) is 20.4. The van der Waals surface area contributed by atoms with Crippen LogP contribution in [-0.4, -0.2) is 56.0 Å². The van der Waals surface area contributed by atoms with Crippen molar-refractivity contribution >= 4 is 22.7 Å². The molecule has 0 radical (unpaired) electrons. The highest BCUT2D eigenvalue weighted by Crippen LogP contribution is 2.39. The van der Waals surface area contributed by atoms with Gasteiger partial charge in [0.1, 0.15) is 24.4 Å². The number of aliphatic hydroxyl groups is 4. The molecule has 0 aliphatic carbocycles. The van der Waals surface area contributed by atoms with Gasteiger partial charge in [-0.05, 0) is 30.2 Å². The number of fused-ring (bicyclic) bond motifs is 1. The predicted octanol–water partition coefficient (Wildman–Crippen LogP) is 2.33. The first-order chi connectivity index (χ1) is 14.0. The fourth-order valence-electron chi connectivity index (χ4n) is 3.70. The van der Waals surface area contributed by atoms with E-state index in [0.29, 0.717) is 0 Å². The van der Waals surface area contributed by atoms with Gasteiger partial charge in [-0.1, -0.05) is 49.0 Å². The van der Waals surface area contributed by atoms with Gasteiger partial charge in [-0.15, -0.1) is 0 Å². The van der Waals surface area contributed by atoms with Crippen molar-refractivity contribution < 1.29 is 25.2 Å². The maximum atomic E-state index is 10.5. The van der Waals surface area contributed by atoms with E-state index in [9.17, 15) is 20.4 Å². The van der Waals surface area contributed by atoms with E-state index in [2.05, 4.69) is 31.2 Å². The molecule has 2 heterocycles. The predicted molar refractivity (Wildman–Crippen MR) is 111 cm³/mol. The van der Waals surface area contributed by atoms with Crippen molar-refractivity contribution in [2.75, 3.05) is 6.61 Å². The number of hydrogen-bond acceptors (Lipinski definition) is 6. The molecule has 0 amide bonds. The first-order valence-electron chi connectivity index (χ1n) is 9.70. The molecule has 5 atom stereocenters. The molecule has 0 saturated carbocycles. The summed E-state index contributed by atoms with van der Waals surface area (Å²) in [6.45, 7) is 1.67. The van der Waals surface area contributed by atoms with Crippen LogP contribution in [-0.2, 0) is 11.2 Å². The molecule has 1 aliphatic rings. The summed E-state index contributed by atoms with van der Waals surface area (Å²) in [5, 5.41) is 41.3. The van der Waals surface area contributed by atoms with Crippen molar-refractivity contribution in [3.05, 3.63) is 60.3 Å². The van der Waals surface area contributed by atoms with Gasteiger partial charge in [-0.3, -0.25) is 0 Å². The van der Waals surface area contributed by atoms with E-state index in [1.807, 2.05) is 30.5 Å². The Hall–Kier alpha value is -1.87. The van der Waals surface area contributed by atoms with Crippen LogP contribution in [0.4, 0.5) is 0 Å². The third kappa shape index (κ3) is 3.82. The normalized spacial score (nSPS) is 27.4. The monoisotopic (exact) mass is 415 g/mol. The van der Waals surface area contributed by atoms with E-state index in [1.54, 1.807) is 16.3 Å². The van der Waals surface area contributed by atoms with E-state index < -0.39 is 37.3 Å². The van der Waals surface area contributed by atoms with E-state index in [1.165, 1.54) is 5.56 Å². The fraction of sp³-hybridized carbons (Fsp3) is 0.364. The summed E-state index contributed by atoms with van der Waals surface area (Å²) >= 11 is 1.61. The molecular formula is C22H25NO5S. The highest BCUT2D eigenvalue weighted by Gasteiger charge is 2.44. The van der Waals surface area contributed by atoms with Crippen molar-refractivity contribution in [3.63, 3.8) is 0 Å². The molecule has 7 heteroatoms. The number of ether oxygens (including phenoxy) is 1. The van der Waals surface area contributed by atoms with Crippen molar-refractivity contribution in [2.45, 2.75) is 53.8 Å². The fourth-order valence-corrected chi connectivity index (χ4v) is 4.67. The third-order valence-corrected chi connectivity index (χ3v) is 6.46. The minimum Gasteiger partial charge on any atom is -0.394 e. The Bertz CT molecular complexity index is 971. The van der Waals surface area contributed by atoms with E-state index in [0.717, 1.165) is 27.1 Å². The van der Waals surface area contributed by atoms with Crippen LogP contribution in [0.5, 0.6) is 0 Å². The van der Waals surface area contributed by atoms with Crippen LogP contribution in [0.3, 0.4) is 0 Å². The standard InChI is InChI=1S/C22H25NO5S/c1-2-13-7-9-14(10-8-13)29-18-11-23(16-6-4-3-5-15(16)18)22-21(27)20(26)19(25)17(12-24)28-22/h3-11,17,19-22,24-27H,2,12H2,1H3/t17-,19-,20+,21-,22-/m1/s1. The molecule has 0 spiro atoms. The van der Waals surface area contributed by atoms with Gasteiger partial charge >= 0.3 is 0 Å². The minimum atomic E-state index is -1.41. The summed E-state index contributed by atoms with van der Waals surface area (Å²) in [7, 11) is 0. The van der Waals surface area contributed by atoms with Crippen molar-refractivity contribution in [1.29, 1.82) is 0 Å². The molecule has 0 bridgehead atoms. The average molecular weight is 416 g/mol. The second-order valence-corrected chi connectivity index (χ2v) is 8.35. The number of aromatic nitrogens is 1. The Morgan fingerprint density at radius 3 is 2.38 bits per heavy atom. The SMILES string of the molecule is CCc1ccc(Sc2cn([C@@H]3O[C@H](CO)[C@@H](O)[C@H](O)[C@H]3O)c3ccccc23)cc1. The third-order valence-electron chi connectivity index (χ3n) is 5.40. The molecule has 3 aromatic rings. The largest absolute Gasteiger partial charge is 0.394 e. The molecule has 1 saturated heterocycles. The quantitative estimate of drug-likeness (QED) is 0.511. The Balaban J connectivity index is 1.72. The molecule has 1 aromatic heterocycles. The lowest BCUT2D eigenvalue weighted by molar-refractivity contribution is -0.250. The topological polar surface area (TPSA) is 95.1 Å². The molecule has 4 rings (SSSR count). The van der Waals surface area contributed by atoms with Crippen molar-refractivity contribution in [1.82, 2.24) is 4.57 Å². The van der Waals surface area contributed by atoms with Crippen LogP contribution < -0.4 is 0 Å². The highest BCUT2D eigenvalue weighted by molar-refractivity contribution is 7.99.